The summed E-state index contributed by atoms with van der Waals surface area (Å²) in [7, 11) is -4.03. The molecular formula is C108H83F9O16S7. The Kier molecular flexibility index (Phi) is 43.2. The Morgan fingerprint density at radius 1 is 0.293 bits per heavy atom. The highest BCUT2D eigenvalue weighted by Crippen LogP contribution is 2.37. The molecule has 0 N–H and O–H groups in total. The minimum atomic E-state index is -4.62. The van der Waals surface area contributed by atoms with Crippen LogP contribution in [0.4, 0.5) is 39.5 Å². The van der Waals surface area contributed by atoms with Gasteiger partial charge in [0.15, 0.2) is 43.4 Å². The second kappa shape index (κ2) is 54.4. The predicted molar refractivity (Wildman–Crippen MR) is 535 cm³/mol. The van der Waals surface area contributed by atoms with Crippen molar-refractivity contribution in [2.24, 2.45) is 0 Å². The Balaban J connectivity index is 0.000000200. The van der Waals surface area contributed by atoms with Crippen molar-refractivity contribution in [1.29, 1.82) is 0 Å². The van der Waals surface area contributed by atoms with E-state index in [2.05, 4.69) is 0 Å². The molecule has 0 heterocycles. The van der Waals surface area contributed by atoms with Crippen LogP contribution in [-0.2, 0) is 39.9 Å². The number of aryl methyl sites for hydroxylation is 4. The zero-order chi connectivity index (χ0) is 102. The molecule has 0 atom stereocenters. The molecular weight excluding hydrogens is 1950 g/mol. The van der Waals surface area contributed by atoms with Gasteiger partial charge in [-0.25, -0.2) is 0 Å². The van der Waals surface area contributed by atoms with Crippen molar-refractivity contribution in [2.45, 2.75) is 107 Å². The normalized spacial score (nSPS) is 10.8. The lowest BCUT2D eigenvalue weighted by molar-refractivity contribution is -0.138. The van der Waals surface area contributed by atoms with Gasteiger partial charge in [-0.05, 0) is 273 Å². The summed E-state index contributed by atoms with van der Waals surface area (Å²) in [5, 5.41) is -2.13. The topological polar surface area (TPSA) is 265 Å². The quantitative estimate of drug-likeness (QED) is 0.0466. The highest BCUT2D eigenvalue weighted by atomic mass is 32.2. The van der Waals surface area contributed by atoms with Crippen molar-refractivity contribution in [2.75, 3.05) is 0 Å². The lowest BCUT2D eigenvalue weighted by atomic mass is 10.1. The molecule has 0 radical (unpaired) electrons. The molecule has 0 saturated heterocycles. The summed E-state index contributed by atoms with van der Waals surface area (Å²) < 4.78 is 143. The number of carbonyl (C=O) groups is 6. The Morgan fingerprint density at radius 2 is 0.629 bits per heavy atom. The zero-order valence-electron chi connectivity index (χ0n) is 74.9. The van der Waals surface area contributed by atoms with E-state index in [0.29, 0.717) is 67.5 Å². The van der Waals surface area contributed by atoms with E-state index in [-0.39, 0.29) is 84.9 Å². The number of hydrogen-bond acceptors (Lipinski definition) is 22. The standard InChI is InChI=1S/C17H18O4S.C16H14O2S.3C15H9F3O2S.2C15H12O2S/c1-12(2)14-5-4-6-16(18)17(11-14)21-22(19,20)15-9-7-13(3)8-10-15;1-11-8-9-12(2)13(10-11)16(18)19-15-7-5-3-4-6-14(15)17;16-15(17,18)11-7-5-4-6-10(11)14(20)21-13-9-3-1-2-8-12(13)19;16-15(17,18)11-6-4-5-10(9-11)14(20)21-13-8-3-1-2-7-12(13)19;16-15(17,18)11-8-6-10(7-9-11)14(20)21-13-5-3-1-2-4-12(13)19;1-11-7-9-12(10-8-11)15(17)18-14-6-4-2-3-5-13(14)16;16-13-9-5-2-6-10-14(13)18-15(17)11-12-7-3-1-4-8-12/h4-12H,1-3H3;3-10H,1-2H3;3*1-9H;2-10H,1H3;1-10H,11H2. The van der Waals surface area contributed by atoms with Crippen LogP contribution in [0, 0.1) is 27.7 Å². The molecule has 0 aliphatic heterocycles. The number of rotatable bonds is 17. The first-order chi connectivity index (χ1) is 66.4. The Hall–Kier alpha value is -14.0. The summed E-state index contributed by atoms with van der Waals surface area (Å²) >= 11 is 4.78. The fraction of sp³-hybridized carbons (Fsp3) is 0.102. The van der Waals surface area contributed by atoms with E-state index in [1.807, 2.05) is 102 Å². The van der Waals surface area contributed by atoms with Gasteiger partial charge in [0.2, 0.25) is 31.0 Å². The number of halogens is 9. The molecule has 0 bridgehead atoms. The molecule has 32 heteroatoms. The molecule has 140 heavy (non-hydrogen) atoms. The average molecular weight is 2030 g/mol. The molecule has 0 fully saturated rings. The SMILES string of the molecule is Cc1ccc(C(=O)Sc2cccccc2=O)cc1.Cc1ccc(C)c(C(=O)Sc2cccccc2=O)c1.Cc1ccc(S(=O)(=O)Oc2cc(C(C)C)cccc2=O)cc1.O=C(Cc1ccccc1)Sc1cccccc1=O.O=C(Sc1cccccc1=O)c1ccc(C(F)(F)F)cc1.O=C(Sc1cccccc1=O)c1cccc(C(F)(F)F)c1.O=C(Sc1cccccc1=O)c1ccccc1C(F)(F)F. The van der Waals surface area contributed by atoms with Crippen molar-refractivity contribution in [3.05, 3.63) is 526 Å². The van der Waals surface area contributed by atoms with E-state index in [4.69, 9.17) is 4.18 Å². The molecule has 0 aliphatic carbocycles. The number of benzene rings is 7. The lowest BCUT2D eigenvalue weighted by Crippen LogP contribution is -2.14. The largest absolute Gasteiger partial charge is 0.417 e. The molecule has 716 valence electrons. The van der Waals surface area contributed by atoms with Gasteiger partial charge < -0.3 is 4.18 Å². The first-order valence-electron chi connectivity index (χ1n) is 41.7. The van der Waals surface area contributed by atoms with Crippen LogP contribution >= 0.6 is 70.6 Å². The van der Waals surface area contributed by atoms with E-state index in [9.17, 15) is 110 Å². The van der Waals surface area contributed by atoms with E-state index in [1.165, 1.54) is 115 Å². The van der Waals surface area contributed by atoms with Gasteiger partial charge in [-0.3, -0.25) is 62.3 Å². The minimum absolute atomic E-state index is 0.0232. The fourth-order valence-corrected chi connectivity index (χ4v) is 17.0. The van der Waals surface area contributed by atoms with E-state index in [0.717, 1.165) is 117 Å². The van der Waals surface area contributed by atoms with Gasteiger partial charge >= 0.3 is 28.6 Å². The summed E-state index contributed by atoms with van der Waals surface area (Å²) in [6.07, 6.45) is -13.2. The molecule has 0 unspecified atom stereocenters. The Morgan fingerprint density at radius 3 is 1.04 bits per heavy atom. The minimum Gasteiger partial charge on any atom is -0.375 e. The smallest absolute Gasteiger partial charge is 0.375 e. The van der Waals surface area contributed by atoms with Crippen molar-refractivity contribution < 1.29 is 80.9 Å². The van der Waals surface area contributed by atoms with Crippen LogP contribution in [0.15, 0.2) is 444 Å². The summed E-state index contributed by atoms with van der Waals surface area (Å²) in [5.74, 6) is -0.0366. The number of hydrogen-bond donors (Lipinski definition) is 0. The van der Waals surface area contributed by atoms with Crippen LogP contribution in [0.3, 0.4) is 0 Å². The van der Waals surface area contributed by atoms with Crippen LogP contribution in [0.25, 0.3) is 0 Å². The molecule has 16 nitrogen and oxygen atoms in total. The third kappa shape index (κ3) is 37.1. The van der Waals surface area contributed by atoms with Gasteiger partial charge in [0.25, 0.3) is 0 Å². The highest BCUT2D eigenvalue weighted by Gasteiger charge is 2.36. The van der Waals surface area contributed by atoms with Crippen molar-refractivity contribution in [3.8, 4) is 5.75 Å². The van der Waals surface area contributed by atoms with E-state index < -0.39 is 77.1 Å². The first-order valence-corrected chi connectivity index (χ1v) is 48.0. The van der Waals surface area contributed by atoms with Gasteiger partial charge in [-0.2, -0.15) is 47.9 Å². The maximum absolute atomic E-state index is 12.9. The van der Waals surface area contributed by atoms with Gasteiger partial charge in [0.1, 0.15) is 4.90 Å². The third-order valence-corrected chi connectivity index (χ3v) is 25.7. The summed E-state index contributed by atoms with van der Waals surface area (Å²) in [6.45, 7) is 11.6. The van der Waals surface area contributed by atoms with Crippen molar-refractivity contribution in [1.82, 2.24) is 0 Å². The van der Waals surface area contributed by atoms with E-state index in [1.54, 1.807) is 152 Å². The number of carbonyl (C=O) groups excluding carboxylic acids is 6. The molecule has 14 aromatic rings. The molecule has 0 aliphatic rings. The van der Waals surface area contributed by atoms with Crippen LogP contribution in [-0.4, -0.2) is 39.1 Å². The first kappa shape index (κ1) is 111. The maximum Gasteiger partial charge on any atom is 0.417 e. The molecule has 0 aromatic heterocycles. The highest BCUT2D eigenvalue weighted by molar-refractivity contribution is 8.15. The van der Waals surface area contributed by atoms with Crippen molar-refractivity contribution in [3.63, 3.8) is 0 Å². The monoisotopic (exact) mass is 2030 g/mol. The van der Waals surface area contributed by atoms with Crippen LogP contribution in [0.5, 0.6) is 5.75 Å². The van der Waals surface area contributed by atoms with Gasteiger partial charge in [0.05, 0.1) is 46.1 Å². The average Bonchev–Trinajstić information content (AvgIpc) is 0.914. The van der Waals surface area contributed by atoms with E-state index >= 15 is 0 Å². The molecule has 14 aromatic carbocycles. The van der Waals surface area contributed by atoms with Gasteiger partial charge in [-0.1, -0.05) is 255 Å². The molecule has 0 spiro atoms. The van der Waals surface area contributed by atoms with Crippen LogP contribution in [0.1, 0.15) is 122 Å². The number of thioether (sulfide) groups is 6. The summed E-state index contributed by atoms with van der Waals surface area (Å²) in [5.41, 5.74) is 1.97. The Bertz CT molecular complexity index is 7320. The lowest BCUT2D eigenvalue weighted by Gasteiger charge is -2.10. The third-order valence-electron chi connectivity index (χ3n) is 18.7. The second-order valence-corrected chi connectivity index (χ2v) is 37.4. The number of alkyl halides is 9. The zero-order valence-corrected chi connectivity index (χ0v) is 80.6. The molecule has 0 saturated carbocycles. The predicted octanol–water partition coefficient (Wildman–Crippen LogP) is 25.0. The summed E-state index contributed by atoms with van der Waals surface area (Å²) in [4.78, 5) is 156. The van der Waals surface area contributed by atoms with Crippen LogP contribution in [0.2, 0.25) is 0 Å². The van der Waals surface area contributed by atoms with Crippen molar-refractivity contribution >= 4 is 111 Å². The molecule has 0 amide bonds. The van der Waals surface area contributed by atoms with Gasteiger partial charge in [0, 0.05) is 34.2 Å². The second-order valence-electron chi connectivity index (χ2n) is 29.7. The Labute approximate surface area is 824 Å². The van der Waals surface area contributed by atoms with Gasteiger partial charge in [-0.15, -0.1) is 0 Å². The maximum atomic E-state index is 12.9. The fourth-order valence-electron chi connectivity index (χ4n) is 11.4. The molecule has 14 rings (SSSR count). The van der Waals surface area contributed by atoms with Crippen LogP contribution < -0.4 is 42.2 Å². The summed E-state index contributed by atoms with van der Waals surface area (Å²) in [6, 6.07) is 95.0.